The molecule has 0 heterocycles. The van der Waals surface area contributed by atoms with E-state index < -0.39 is 17.6 Å². The number of hydrogen-bond acceptors (Lipinski definition) is 2. The smallest absolute Gasteiger partial charge is 0.416 e. The van der Waals surface area contributed by atoms with E-state index in [9.17, 15) is 23.1 Å². The third-order valence-corrected chi connectivity index (χ3v) is 2.94. The minimum Gasteiger partial charge on any atom is -0.507 e. The number of alkyl halides is 3. The standard InChI is InChI=1S/C15H12F3NO2/c16-15(17,18)11-3-1-2-10(8-11)12-6-9(7-14(19)21)4-5-13(12)20/h1-6,8,20H,7H2,(H2,19,21). The minimum atomic E-state index is -4.46. The zero-order chi connectivity index (χ0) is 15.6. The highest BCUT2D eigenvalue weighted by atomic mass is 19.4. The Hall–Kier alpha value is -2.50. The van der Waals surface area contributed by atoms with Gasteiger partial charge in [0.25, 0.3) is 0 Å². The summed E-state index contributed by atoms with van der Waals surface area (Å²) in [6.07, 6.45) is -4.51. The molecular weight excluding hydrogens is 283 g/mol. The van der Waals surface area contributed by atoms with Crippen LogP contribution in [-0.2, 0) is 17.4 Å². The van der Waals surface area contributed by atoms with Crippen molar-refractivity contribution < 1.29 is 23.1 Å². The normalized spacial score (nSPS) is 11.4. The molecule has 0 spiro atoms. The highest BCUT2D eigenvalue weighted by Crippen LogP contribution is 2.35. The van der Waals surface area contributed by atoms with Crippen LogP contribution in [0, 0.1) is 0 Å². The summed E-state index contributed by atoms with van der Waals surface area (Å²) in [5.74, 6) is -0.724. The highest BCUT2D eigenvalue weighted by molar-refractivity contribution is 5.78. The fourth-order valence-electron chi connectivity index (χ4n) is 1.99. The molecule has 0 atom stereocenters. The largest absolute Gasteiger partial charge is 0.507 e. The van der Waals surface area contributed by atoms with E-state index in [-0.39, 0.29) is 23.3 Å². The first-order valence-corrected chi connectivity index (χ1v) is 6.05. The van der Waals surface area contributed by atoms with Crippen molar-refractivity contribution >= 4 is 5.91 Å². The third-order valence-electron chi connectivity index (χ3n) is 2.94. The van der Waals surface area contributed by atoms with Crippen molar-refractivity contribution in [3.8, 4) is 16.9 Å². The van der Waals surface area contributed by atoms with Gasteiger partial charge in [0.15, 0.2) is 0 Å². The Kier molecular flexibility index (Phi) is 3.88. The molecule has 0 unspecified atom stereocenters. The highest BCUT2D eigenvalue weighted by Gasteiger charge is 2.30. The van der Waals surface area contributed by atoms with Crippen LogP contribution >= 0.6 is 0 Å². The maximum absolute atomic E-state index is 12.7. The summed E-state index contributed by atoms with van der Waals surface area (Å²) in [6.45, 7) is 0. The summed E-state index contributed by atoms with van der Waals surface area (Å²) in [5.41, 5.74) is 5.24. The average Bonchev–Trinajstić information content (AvgIpc) is 2.39. The van der Waals surface area contributed by atoms with Crippen molar-refractivity contribution in [1.29, 1.82) is 0 Å². The number of phenols is 1. The molecule has 2 aromatic carbocycles. The summed E-state index contributed by atoms with van der Waals surface area (Å²) in [6, 6.07) is 8.90. The number of primary amides is 1. The van der Waals surface area contributed by atoms with Gasteiger partial charge in [-0.25, -0.2) is 0 Å². The van der Waals surface area contributed by atoms with E-state index in [2.05, 4.69) is 0 Å². The number of carbonyl (C=O) groups excluding carboxylic acids is 1. The quantitative estimate of drug-likeness (QED) is 0.914. The van der Waals surface area contributed by atoms with E-state index in [1.54, 1.807) is 0 Å². The second-order valence-corrected chi connectivity index (χ2v) is 4.57. The van der Waals surface area contributed by atoms with Gasteiger partial charge in [-0.2, -0.15) is 13.2 Å². The lowest BCUT2D eigenvalue weighted by Gasteiger charge is -2.11. The van der Waals surface area contributed by atoms with Crippen LogP contribution in [0.25, 0.3) is 11.1 Å². The van der Waals surface area contributed by atoms with E-state index >= 15 is 0 Å². The van der Waals surface area contributed by atoms with Crippen LogP contribution in [0.3, 0.4) is 0 Å². The molecule has 3 nitrogen and oxygen atoms in total. The Bertz CT molecular complexity index is 681. The molecule has 2 aromatic rings. The minimum absolute atomic E-state index is 0.0494. The van der Waals surface area contributed by atoms with E-state index in [1.807, 2.05) is 0 Å². The molecule has 0 saturated heterocycles. The third kappa shape index (κ3) is 3.53. The number of phenolic OH excluding ortho intramolecular Hbond substituents is 1. The molecule has 2 rings (SSSR count). The van der Waals surface area contributed by atoms with Gasteiger partial charge in [0.05, 0.1) is 12.0 Å². The lowest BCUT2D eigenvalue weighted by Crippen LogP contribution is -2.13. The molecule has 21 heavy (non-hydrogen) atoms. The number of rotatable bonds is 3. The fraction of sp³-hybridized carbons (Fsp3) is 0.133. The van der Waals surface area contributed by atoms with Gasteiger partial charge in [-0.15, -0.1) is 0 Å². The first-order chi connectivity index (χ1) is 9.77. The van der Waals surface area contributed by atoms with E-state index in [0.29, 0.717) is 5.56 Å². The van der Waals surface area contributed by atoms with Crippen LogP contribution in [0.1, 0.15) is 11.1 Å². The van der Waals surface area contributed by atoms with Crippen molar-refractivity contribution in [1.82, 2.24) is 0 Å². The zero-order valence-corrected chi connectivity index (χ0v) is 10.8. The van der Waals surface area contributed by atoms with Gasteiger partial charge < -0.3 is 10.8 Å². The van der Waals surface area contributed by atoms with Crippen LogP contribution in [0.15, 0.2) is 42.5 Å². The number of amides is 1. The summed E-state index contributed by atoms with van der Waals surface area (Å²) in [4.78, 5) is 10.9. The van der Waals surface area contributed by atoms with E-state index in [0.717, 1.165) is 12.1 Å². The van der Waals surface area contributed by atoms with Crippen molar-refractivity contribution in [3.05, 3.63) is 53.6 Å². The second kappa shape index (κ2) is 5.47. The number of halogens is 3. The SMILES string of the molecule is NC(=O)Cc1ccc(O)c(-c2cccc(C(F)(F)F)c2)c1. The van der Waals surface area contributed by atoms with Gasteiger partial charge in [-0.05, 0) is 35.4 Å². The lowest BCUT2D eigenvalue weighted by molar-refractivity contribution is -0.137. The van der Waals surface area contributed by atoms with Crippen LogP contribution in [-0.4, -0.2) is 11.0 Å². The van der Waals surface area contributed by atoms with E-state index in [1.165, 1.54) is 30.3 Å². The van der Waals surface area contributed by atoms with Gasteiger partial charge >= 0.3 is 6.18 Å². The topological polar surface area (TPSA) is 63.3 Å². The Labute approximate surface area is 118 Å². The molecular formula is C15H12F3NO2. The van der Waals surface area contributed by atoms with Gasteiger partial charge in [0, 0.05) is 5.56 Å². The maximum atomic E-state index is 12.7. The van der Waals surface area contributed by atoms with Crippen LogP contribution in [0.5, 0.6) is 5.75 Å². The molecule has 3 N–H and O–H groups in total. The van der Waals surface area contributed by atoms with Crippen molar-refractivity contribution in [2.24, 2.45) is 5.73 Å². The number of aromatic hydroxyl groups is 1. The maximum Gasteiger partial charge on any atom is 0.416 e. The van der Waals surface area contributed by atoms with Crippen molar-refractivity contribution in [3.63, 3.8) is 0 Å². The predicted molar refractivity (Wildman–Crippen MR) is 71.4 cm³/mol. The Morgan fingerprint density at radius 1 is 1.14 bits per heavy atom. The molecule has 0 aliphatic rings. The second-order valence-electron chi connectivity index (χ2n) is 4.57. The Morgan fingerprint density at radius 3 is 2.48 bits per heavy atom. The summed E-state index contributed by atoms with van der Waals surface area (Å²) < 4.78 is 38.1. The predicted octanol–water partition coefficient (Wildman–Crippen LogP) is 3.11. The van der Waals surface area contributed by atoms with E-state index in [4.69, 9.17) is 5.73 Å². The fourth-order valence-corrected chi connectivity index (χ4v) is 1.99. The first-order valence-electron chi connectivity index (χ1n) is 6.05. The van der Waals surface area contributed by atoms with Crippen LogP contribution in [0.4, 0.5) is 13.2 Å². The summed E-state index contributed by atoms with van der Waals surface area (Å²) in [7, 11) is 0. The molecule has 110 valence electrons. The molecule has 0 aliphatic carbocycles. The first kappa shape index (κ1) is 14.9. The van der Waals surface area contributed by atoms with Gasteiger partial charge in [0.1, 0.15) is 5.75 Å². The Balaban J connectivity index is 2.48. The van der Waals surface area contributed by atoms with Crippen molar-refractivity contribution in [2.45, 2.75) is 12.6 Å². The number of carbonyl (C=O) groups is 1. The van der Waals surface area contributed by atoms with Gasteiger partial charge in [-0.1, -0.05) is 18.2 Å². The molecule has 0 radical (unpaired) electrons. The molecule has 1 amide bonds. The van der Waals surface area contributed by atoms with Crippen LogP contribution < -0.4 is 5.73 Å². The molecule has 0 bridgehead atoms. The van der Waals surface area contributed by atoms with Gasteiger partial charge in [0.2, 0.25) is 5.91 Å². The van der Waals surface area contributed by atoms with Crippen LogP contribution in [0.2, 0.25) is 0 Å². The Morgan fingerprint density at radius 2 is 1.86 bits per heavy atom. The average molecular weight is 295 g/mol. The monoisotopic (exact) mass is 295 g/mol. The molecule has 0 fully saturated rings. The number of nitrogens with two attached hydrogens (primary N) is 1. The molecule has 0 aromatic heterocycles. The van der Waals surface area contributed by atoms with Gasteiger partial charge in [-0.3, -0.25) is 4.79 Å². The molecule has 0 saturated carbocycles. The summed E-state index contributed by atoms with van der Waals surface area (Å²) >= 11 is 0. The number of benzene rings is 2. The lowest BCUT2D eigenvalue weighted by atomic mass is 9.99. The molecule has 6 heteroatoms. The van der Waals surface area contributed by atoms with Crippen molar-refractivity contribution in [2.75, 3.05) is 0 Å². The number of hydrogen-bond donors (Lipinski definition) is 2. The zero-order valence-electron chi connectivity index (χ0n) is 10.8. The summed E-state index contributed by atoms with van der Waals surface area (Å²) in [5, 5.41) is 9.82. The molecule has 0 aliphatic heterocycles.